The van der Waals surface area contributed by atoms with Crippen molar-refractivity contribution in [2.24, 2.45) is 0 Å². The fourth-order valence-corrected chi connectivity index (χ4v) is 4.46. The lowest BCUT2D eigenvalue weighted by molar-refractivity contribution is 0.0633. The second-order valence-corrected chi connectivity index (χ2v) is 8.53. The molecule has 30 heavy (non-hydrogen) atoms. The molecule has 0 bridgehead atoms. The number of piperazine rings is 1. The third kappa shape index (κ3) is 5.26. The van der Waals surface area contributed by atoms with E-state index in [0.717, 1.165) is 40.4 Å². The summed E-state index contributed by atoms with van der Waals surface area (Å²) in [6, 6.07) is 16.6. The normalized spacial score (nSPS) is 14.7. The molecule has 2 heterocycles. The molecule has 1 saturated heterocycles. The molecule has 0 N–H and O–H groups in total. The summed E-state index contributed by atoms with van der Waals surface area (Å²) in [5.74, 6) is 0.705. The molecule has 156 valence electrons. The van der Waals surface area contributed by atoms with E-state index in [2.05, 4.69) is 4.90 Å². The summed E-state index contributed by atoms with van der Waals surface area (Å²) in [6.45, 7) is 6.14. The van der Waals surface area contributed by atoms with E-state index in [1.807, 2.05) is 53.6 Å². The number of carbonyl (C=O) groups is 1. The molecule has 0 unspecified atom stereocenters. The predicted octanol–water partition coefficient (Wildman–Crippen LogP) is 4.73. The topological polar surface area (TPSA) is 32.8 Å². The molecule has 4 nitrogen and oxygen atoms in total. The van der Waals surface area contributed by atoms with Crippen molar-refractivity contribution in [2.45, 2.75) is 20.1 Å². The Labute approximate surface area is 180 Å². The molecule has 0 spiro atoms. The summed E-state index contributed by atoms with van der Waals surface area (Å²) < 4.78 is 19.2. The lowest BCUT2D eigenvalue weighted by atomic mass is 10.2. The van der Waals surface area contributed by atoms with Gasteiger partial charge in [-0.2, -0.15) is 0 Å². The standard InChI is InChI=1S/C24H25FN2O2S/c1-18-4-2-7-22(12-18)29-16-20-14-23(30-17-20)24(28)27-10-8-26(9-11-27)15-19-5-3-6-21(25)13-19/h2-7,12-14,17H,8-11,15-16H2,1H3. The number of hydrogen-bond acceptors (Lipinski definition) is 4. The van der Waals surface area contributed by atoms with Gasteiger partial charge in [0.2, 0.25) is 0 Å². The lowest BCUT2D eigenvalue weighted by Crippen LogP contribution is -2.48. The van der Waals surface area contributed by atoms with E-state index in [1.165, 1.54) is 17.4 Å². The zero-order valence-corrected chi connectivity index (χ0v) is 17.8. The van der Waals surface area contributed by atoms with E-state index >= 15 is 0 Å². The maximum absolute atomic E-state index is 13.4. The van der Waals surface area contributed by atoms with Crippen LogP contribution in [0.3, 0.4) is 0 Å². The first-order chi connectivity index (χ1) is 14.6. The fourth-order valence-electron chi connectivity index (χ4n) is 3.59. The zero-order chi connectivity index (χ0) is 20.9. The first-order valence-electron chi connectivity index (χ1n) is 10.1. The number of carbonyl (C=O) groups excluding carboxylic acids is 1. The van der Waals surface area contributed by atoms with Crippen molar-refractivity contribution in [3.63, 3.8) is 0 Å². The predicted molar refractivity (Wildman–Crippen MR) is 117 cm³/mol. The highest BCUT2D eigenvalue weighted by molar-refractivity contribution is 7.12. The van der Waals surface area contributed by atoms with Crippen molar-refractivity contribution in [1.29, 1.82) is 0 Å². The van der Waals surface area contributed by atoms with Crippen molar-refractivity contribution in [3.8, 4) is 5.75 Å². The Hall–Kier alpha value is -2.70. The molecule has 1 aliphatic rings. The Morgan fingerprint density at radius 1 is 1.03 bits per heavy atom. The van der Waals surface area contributed by atoms with Gasteiger partial charge in [0, 0.05) is 38.3 Å². The largest absolute Gasteiger partial charge is 0.489 e. The van der Waals surface area contributed by atoms with E-state index in [9.17, 15) is 9.18 Å². The Balaban J connectivity index is 1.28. The van der Waals surface area contributed by atoms with Crippen LogP contribution in [0.15, 0.2) is 60.0 Å². The van der Waals surface area contributed by atoms with Gasteiger partial charge in [0.1, 0.15) is 18.2 Å². The van der Waals surface area contributed by atoms with Crippen LogP contribution in [0.5, 0.6) is 5.75 Å². The van der Waals surface area contributed by atoms with Gasteiger partial charge in [0.25, 0.3) is 5.91 Å². The van der Waals surface area contributed by atoms with E-state index in [0.29, 0.717) is 26.2 Å². The van der Waals surface area contributed by atoms with Crippen molar-refractivity contribution in [3.05, 3.63) is 87.4 Å². The van der Waals surface area contributed by atoms with Gasteiger partial charge in [-0.05, 0) is 53.8 Å². The smallest absolute Gasteiger partial charge is 0.264 e. The summed E-state index contributed by atoms with van der Waals surface area (Å²) in [7, 11) is 0. The van der Waals surface area contributed by atoms with Gasteiger partial charge < -0.3 is 9.64 Å². The van der Waals surface area contributed by atoms with Crippen LogP contribution in [0.25, 0.3) is 0 Å². The summed E-state index contributed by atoms with van der Waals surface area (Å²) in [4.78, 5) is 17.8. The molecular weight excluding hydrogens is 399 g/mol. The third-order valence-corrected chi connectivity index (χ3v) is 6.18. The summed E-state index contributed by atoms with van der Waals surface area (Å²) in [5.41, 5.74) is 3.13. The van der Waals surface area contributed by atoms with Gasteiger partial charge in [-0.3, -0.25) is 9.69 Å². The van der Waals surface area contributed by atoms with Crippen molar-refractivity contribution >= 4 is 17.2 Å². The highest BCUT2D eigenvalue weighted by atomic mass is 32.1. The van der Waals surface area contributed by atoms with Crippen LogP contribution in [0.1, 0.15) is 26.4 Å². The van der Waals surface area contributed by atoms with E-state index in [-0.39, 0.29) is 11.7 Å². The number of benzene rings is 2. The molecule has 6 heteroatoms. The molecule has 0 saturated carbocycles. The second-order valence-electron chi connectivity index (χ2n) is 7.62. The Kier molecular flexibility index (Phi) is 6.45. The minimum absolute atomic E-state index is 0.0761. The molecule has 0 aliphatic carbocycles. The first kappa shape index (κ1) is 20.6. The molecular formula is C24H25FN2O2S. The molecule has 1 aliphatic heterocycles. The minimum atomic E-state index is -0.207. The van der Waals surface area contributed by atoms with Gasteiger partial charge in [-0.1, -0.05) is 24.3 Å². The van der Waals surface area contributed by atoms with Gasteiger partial charge in [-0.25, -0.2) is 4.39 Å². The maximum atomic E-state index is 13.4. The average molecular weight is 425 g/mol. The number of ether oxygens (including phenoxy) is 1. The lowest BCUT2D eigenvalue weighted by Gasteiger charge is -2.34. The second kappa shape index (κ2) is 9.41. The number of nitrogens with zero attached hydrogens (tertiary/aromatic N) is 2. The van der Waals surface area contributed by atoms with Gasteiger partial charge in [0.05, 0.1) is 4.88 Å². The molecule has 3 aromatic rings. The minimum Gasteiger partial charge on any atom is -0.489 e. The van der Waals surface area contributed by atoms with Crippen LogP contribution in [0, 0.1) is 12.7 Å². The molecule has 1 amide bonds. The van der Waals surface area contributed by atoms with Crippen molar-refractivity contribution in [1.82, 2.24) is 9.80 Å². The van der Waals surface area contributed by atoms with Crippen LogP contribution in [-0.4, -0.2) is 41.9 Å². The number of hydrogen-bond donors (Lipinski definition) is 0. The third-order valence-electron chi connectivity index (χ3n) is 5.21. The van der Waals surface area contributed by atoms with Gasteiger partial charge >= 0.3 is 0 Å². The summed E-state index contributed by atoms with van der Waals surface area (Å²) in [5, 5.41) is 1.99. The van der Waals surface area contributed by atoms with Crippen molar-refractivity contribution in [2.75, 3.05) is 26.2 Å². The van der Waals surface area contributed by atoms with E-state index < -0.39 is 0 Å². The number of aryl methyl sites for hydroxylation is 1. The number of halogens is 1. The van der Waals surface area contributed by atoms with Crippen molar-refractivity contribution < 1.29 is 13.9 Å². The first-order valence-corrected chi connectivity index (χ1v) is 11.0. The van der Waals surface area contributed by atoms with Crippen LogP contribution in [0.4, 0.5) is 4.39 Å². The Morgan fingerprint density at radius 2 is 1.83 bits per heavy atom. The van der Waals surface area contributed by atoms with Crippen LogP contribution in [0.2, 0.25) is 0 Å². The summed E-state index contributed by atoms with van der Waals surface area (Å²) in [6.07, 6.45) is 0. The van der Waals surface area contributed by atoms with Gasteiger partial charge in [-0.15, -0.1) is 11.3 Å². The quantitative estimate of drug-likeness (QED) is 0.573. The maximum Gasteiger partial charge on any atom is 0.264 e. The van der Waals surface area contributed by atoms with E-state index in [1.54, 1.807) is 12.1 Å². The Bertz CT molecular complexity index is 1010. The molecule has 4 rings (SSSR count). The van der Waals surface area contributed by atoms with Crippen LogP contribution >= 0.6 is 11.3 Å². The average Bonchev–Trinajstić information content (AvgIpc) is 3.22. The number of amides is 1. The highest BCUT2D eigenvalue weighted by Crippen LogP contribution is 2.21. The number of rotatable bonds is 6. The Morgan fingerprint density at radius 3 is 2.60 bits per heavy atom. The van der Waals surface area contributed by atoms with E-state index in [4.69, 9.17) is 4.74 Å². The molecule has 0 radical (unpaired) electrons. The molecule has 1 fully saturated rings. The van der Waals surface area contributed by atoms with Crippen LogP contribution < -0.4 is 4.74 Å². The highest BCUT2D eigenvalue weighted by Gasteiger charge is 2.23. The number of thiophene rings is 1. The monoisotopic (exact) mass is 424 g/mol. The SMILES string of the molecule is Cc1cccc(OCc2csc(C(=O)N3CCN(Cc4cccc(F)c4)CC3)c2)c1. The van der Waals surface area contributed by atoms with Gasteiger partial charge in [0.15, 0.2) is 0 Å². The molecule has 0 atom stereocenters. The fraction of sp³-hybridized carbons (Fsp3) is 0.292. The summed E-state index contributed by atoms with van der Waals surface area (Å²) >= 11 is 1.47. The molecule has 1 aromatic heterocycles. The molecule has 2 aromatic carbocycles. The zero-order valence-electron chi connectivity index (χ0n) is 17.0. The van der Waals surface area contributed by atoms with Crippen LogP contribution in [-0.2, 0) is 13.2 Å².